The highest BCUT2D eigenvalue weighted by Crippen LogP contribution is 2.30. The minimum absolute atomic E-state index is 0.0625. The van der Waals surface area contributed by atoms with Gasteiger partial charge in [0, 0.05) is 28.8 Å². The van der Waals surface area contributed by atoms with Gasteiger partial charge in [0.25, 0.3) is 5.91 Å². The minimum atomic E-state index is -1.05. The number of carbonyl (C=O) groups is 1. The number of nitrogens with one attached hydrogen (secondary N) is 1. The number of amides is 1. The van der Waals surface area contributed by atoms with E-state index in [2.05, 4.69) is 25.4 Å². The molecule has 10 heteroatoms. The van der Waals surface area contributed by atoms with Crippen molar-refractivity contribution in [2.24, 2.45) is 10.6 Å². The number of carbonyl (C=O) groups excluding carboxylic acids is 1. The van der Waals surface area contributed by atoms with Crippen LogP contribution in [0.4, 0.5) is 15.2 Å². The number of hydrogen-bond acceptors (Lipinski definition) is 8. The molecule has 1 amide bonds. The number of nitroso groups, excluding NO2 is 1. The molecule has 4 aromatic rings. The van der Waals surface area contributed by atoms with Gasteiger partial charge in [-0.25, -0.2) is 19.3 Å². The van der Waals surface area contributed by atoms with Gasteiger partial charge in [-0.3, -0.25) is 4.79 Å². The molecular weight excluding hydrogens is 433 g/mol. The first kappa shape index (κ1) is 21.4. The highest BCUT2D eigenvalue weighted by Gasteiger charge is 2.30. The number of hydrogen-bond donors (Lipinski definition) is 1. The van der Waals surface area contributed by atoms with E-state index in [1.807, 2.05) is 30.3 Å². The first-order valence-electron chi connectivity index (χ1n) is 9.61. The van der Waals surface area contributed by atoms with Gasteiger partial charge in [0.15, 0.2) is 5.13 Å². The second-order valence-electron chi connectivity index (χ2n) is 7.63. The number of aromatic nitrogens is 3. The van der Waals surface area contributed by atoms with E-state index in [9.17, 15) is 14.1 Å². The second kappa shape index (κ2) is 8.75. The van der Waals surface area contributed by atoms with Gasteiger partial charge in [-0.15, -0.1) is 4.91 Å². The summed E-state index contributed by atoms with van der Waals surface area (Å²) in [4.78, 5) is 34.5. The predicted molar refractivity (Wildman–Crippen MR) is 120 cm³/mol. The van der Waals surface area contributed by atoms with E-state index < -0.39 is 11.3 Å². The summed E-state index contributed by atoms with van der Waals surface area (Å²) < 4.78 is 20.0. The molecule has 1 N–H and O–H groups in total. The fourth-order valence-electron chi connectivity index (χ4n) is 2.81. The summed E-state index contributed by atoms with van der Waals surface area (Å²) in [7, 11) is 0. The van der Waals surface area contributed by atoms with Crippen LogP contribution < -0.4 is 10.1 Å². The smallest absolute Gasteiger partial charge is 0.316 e. The van der Waals surface area contributed by atoms with Crippen molar-refractivity contribution in [1.29, 1.82) is 0 Å². The highest BCUT2D eigenvalue weighted by atomic mass is 32.1. The summed E-state index contributed by atoms with van der Waals surface area (Å²) in [5, 5.41) is 6.23. The highest BCUT2D eigenvalue weighted by molar-refractivity contribution is 7.22. The van der Waals surface area contributed by atoms with Crippen LogP contribution in [0.5, 0.6) is 6.01 Å². The van der Waals surface area contributed by atoms with E-state index in [4.69, 9.17) is 4.74 Å². The van der Waals surface area contributed by atoms with Crippen molar-refractivity contribution < 1.29 is 13.9 Å². The Morgan fingerprint density at radius 2 is 1.84 bits per heavy atom. The van der Waals surface area contributed by atoms with E-state index in [1.165, 1.54) is 17.4 Å². The summed E-state index contributed by atoms with van der Waals surface area (Å²) in [6.07, 6.45) is 3.21. The van der Waals surface area contributed by atoms with Crippen molar-refractivity contribution in [3.8, 4) is 17.1 Å². The lowest BCUT2D eigenvalue weighted by Crippen LogP contribution is -2.29. The number of nitrogens with zero attached hydrogens (tertiary/aromatic N) is 4. The molecule has 0 atom stereocenters. The van der Waals surface area contributed by atoms with Crippen molar-refractivity contribution in [2.75, 3.05) is 11.9 Å². The molecule has 0 saturated heterocycles. The molecule has 0 spiro atoms. The number of halogens is 1. The minimum Gasteiger partial charge on any atom is -0.462 e. The molecule has 4 rings (SSSR count). The van der Waals surface area contributed by atoms with Gasteiger partial charge in [0.2, 0.25) is 0 Å². The van der Waals surface area contributed by atoms with Crippen LogP contribution in [0.25, 0.3) is 21.3 Å². The van der Waals surface area contributed by atoms with Gasteiger partial charge in [-0.2, -0.15) is 0 Å². The number of fused-ring (bicyclic) bond motifs is 1. The van der Waals surface area contributed by atoms with Gasteiger partial charge >= 0.3 is 6.01 Å². The maximum absolute atomic E-state index is 13.8. The summed E-state index contributed by atoms with van der Waals surface area (Å²) in [6, 6.07) is 12.5. The predicted octanol–water partition coefficient (Wildman–Crippen LogP) is 5.33. The Balaban J connectivity index is 1.41. The molecule has 2 aromatic heterocycles. The lowest BCUT2D eigenvalue weighted by atomic mass is 9.94. The summed E-state index contributed by atoms with van der Waals surface area (Å²) in [6.45, 7) is 3.06. The van der Waals surface area contributed by atoms with Crippen molar-refractivity contribution in [1.82, 2.24) is 15.0 Å². The van der Waals surface area contributed by atoms with Crippen molar-refractivity contribution in [3.05, 3.63) is 65.6 Å². The van der Waals surface area contributed by atoms with E-state index in [0.29, 0.717) is 10.6 Å². The molecule has 0 aliphatic carbocycles. The van der Waals surface area contributed by atoms with Crippen molar-refractivity contribution >= 4 is 38.3 Å². The van der Waals surface area contributed by atoms with Crippen LogP contribution in [-0.2, 0) is 4.79 Å². The average molecular weight is 451 g/mol. The molecule has 162 valence electrons. The number of thiazole rings is 1. The summed E-state index contributed by atoms with van der Waals surface area (Å²) in [5.41, 5.74) is 1.77. The van der Waals surface area contributed by atoms with Gasteiger partial charge in [0.1, 0.15) is 17.9 Å². The second-order valence-corrected chi connectivity index (χ2v) is 8.66. The molecule has 0 saturated carbocycles. The number of rotatable bonds is 7. The molecule has 0 bridgehead atoms. The van der Waals surface area contributed by atoms with Crippen LogP contribution in [0.2, 0.25) is 0 Å². The Morgan fingerprint density at radius 1 is 1.12 bits per heavy atom. The molecule has 0 unspecified atom stereocenters. The van der Waals surface area contributed by atoms with Gasteiger partial charge < -0.3 is 10.1 Å². The van der Waals surface area contributed by atoms with Crippen molar-refractivity contribution in [2.45, 2.75) is 13.8 Å². The third kappa shape index (κ3) is 4.59. The Morgan fingerprint density at radius 3 is 2.50 bits per heavy atom. The maximum atomic E-state index is 13.8. The third-order valence-corrected chi connectivity index (χ3v) is 5.63. The largest absolute Gasteiger partial charge is 0.462 e. The quantitative estimate of drug-likeness (QED) is 0.378. The third-order valence-electron chi connectivity index (χ3n) is 4.69. The van der Waals surface area contributed by atoms with Crippen LogP contribution in [0.1, 0.15) is 13.8 Å². The molecule has 0 aliphatic heterocycles. The SMILES string of the molecule is CC(C)(COc1ncc(-c2ccc(Nc3nc4c(F)cccc4s3)cc2)cn1)C(=O)N=O. The Labute approximate surface area is 186 Å². The molecular formula is C22H18FN5O3S. The van der Waals surface area contributed by atoms with E-state index in [0.717, 1.165) is 21.5 Å². The molecule has 0 fully saturated rings. The Hall–Kier alpha value is -3.79. The summed E-state index contributed by atoms with van der Waals surface area (Å²) in [5.74, 6) is -1.14. The monoisotopic (exact) mass is 451 g/mol. The number of anilines is 2. The van der Waals surface area contributed by atoms with Gasteiger partial charge in [-0.05, 0) is 43.7 Å². The molecule has 2 heterocycles. The standard InChI is InChI=1S/C22H18FN5O3S/c1-22(2,19(29)28-30)12-31-20-24-10-14(11-25-20)13-6-8-15(9-7-13)26-21-27-18-16(23)4-3-5-17(18)32-21/h3-11H,12H2,1-2H3,(H,26,27). The van der Waals surface area contributed by atoms with Gasteiger partial charge in [0.05, 0.1) is 10.1 Å². The van der Waals surface area contributed by atoms with Gasteiger partial charge in [-0.1, -0.05) is 29.5 Å². The first-order chi connectivity index (χ1) is 15.4. The zero-order chi connectivity index (χ0) is 22.7. The van der Waals surface area contributed by atoms with Crippen molar-refractivity contribution in [3.63, 3.8) is 0 Å². The normalized spacial score (nSPS) is 11.3. The fraction of sp³-hybridized carbons (Fsp3) is 0.182. The first-order valence-corrected chi connectivity index (χ1v) is 10.4. The van der Waals surface area contributed by atoms with Crippen LogP contribution in [-0.4, -0.2) is 27.5 Å². The van der Waals surface area contributed by atoms with Crippen LogP contribution >= 0.6 is 11.3 Å². The number of ether oxygens (including phenoxy) is 1. The molecule has 32 heavy (non-hydrogen) atoms. The molecule has 0 aliphatic rings. The molecule has 8 nitrogen and oxygen atoms in total. The van der Waals surface area contributed by atoms with Crippen LogP contribution in [0, 0.1) is 16.1 Å². The Kier molecular flexibility index (Phi) is 5.87. The summed E-state index contributed by atoms with van der Waals surface area (Å²) >= 11 is 1.38. The Bertz CT molecular complexity index is 1270. The van der Waals surface area contributed by atoms with E-state index in [1.54, 1.807) is 32.3 Å². The zero-order valence-corrected chi connectivity index (χ0v) is 18.0. The number of benzene rings is 2. The lowest BCUT2D eigenvalue weighted by molar-refractivity contribution is -0.127. The molecule has 0 radical (unpaired) electrons. The topological polar surface area (TPSA) is 106 Å². The maximum Gasteiger partial charge on any atom is 0.316 e. The fourth-order valence-corrected chi connectivity index (χ4v) is 3.71. The lowest BCUT2D eigenvalue weighted by Gasteiger charge is -2.18. The molecule has 2 aromatic carbocycles. The van der Waals surface area contributed by atoms with E-state index >= 15 is 0 Å². The van der Waals surface area contributed by atoms with Crippen LogP contribution in [0.15, 0.2) is 60.0 Å². The van der Waals surface area contributed by atoms with E-state index in [-0.39, 0.29) is 18.4 Å². The zero-order valence-electron chi connectivity index (χ0n) is 17.2. The van der Waals surface area contributed by atoms with Crippen LogP contribution in [0.3, 0.4) is 0 Å². The average Bonchev–Trinajstić information content (AvgIpc) is 3.22. The number of para-hydroxylation sites is 1.